The van der Waals surface area contributed by atoms with Gasteiger partial charge in [0.15, 0.2) is 4.96 Å². The van der Waals surface area contributed by atoms with E-state index in [0.717, 1.165) is 35.0 Å². The van der Waals surface area contributed by atoms with E-state index in [2.05, 4.69) is 4.90 Å². The minimum Gasteiger partial charge on any atom is -0.465 e. The average Bonchev–Trinajstić information content (AvgIpc) is 3.10. The molecule has 0 atom stereocenters. The van der Waals surface area contributed by atoms with Crippen molar-refractivity contribution in [1.29, 1.82) is 0 Å². The minimum atomic E-state index is 0.0524. The van der Waals surface area contributed by atoms with Crippen molar-refractivity contribution < 1.29 is 4.42 Å². The van der Waals surface area contributed by atoms with E-state index in [4.69, 9.17) is 9.40 Å². The molecule has 0 unspecified atom stereocenters. The smallest absolute Gasteiger partial charge is 0.259 e. The Morgan fingerprint density at radius 1 is 1.29 bits per heavy atom. The van der Waals surface area contributed by atoms with Crippen LogP contribution in [0.1, 0.15) is 40.6 Å². The molecule has 0 spiro atoms. The highest BCUT2D eigenvalue weighted by atomic mass is 32.1. The molecule has 0 saturated heterocycles. The zero-order valence-corrected chi connectivity index (χ0v) is 14.9. The summed E-state index contributed by atoms with van der Waals surface area (Å²) in [5, 5.41) is 0. The maximum Gasteiger partial charge on any atom is 0.259 e. The molecule has 126 valence electrons. The molecule has 0 fully saturated rings. The predicted octanol–water partition coefficient (Wildman–Crippen LogP) is 3.17. The fraction of sp³-hybridized carbons (Fsp3) is 0.444. The zero-order valence-electron chi connectivity index (χ0n) is 14.0. The van der Waals surface area contributed by atoms with Crippen LogP contribution in [0.15, 0.2) is 27.4 Å². The summed E-state index contributed by atoms with van der Waals surface area (Å²) >= 11 is 1.68. The summed E-state index contributed by atoms with van der Waals surface area (Å²) in [5.41, 5.74) is 2.06. The number of fused-ring (bicyclic) bond motifs is 3. The topological polar surface area (TPSA) is 50.8 Å². The van der Waals surface area contributed by atoms with Crippen molar-refractivity contribution in [1.82, 2.24) is 14.3 Å². The van der Waals surface area contributed by atoms with Crippen LogP contribution in [0.3, 0.4) is 0 Å². The molecule has 5 nitrogen and oxygen atoms in total. The highest BCUT2D eigenvalue weighted by Crippen LogP contribution is 2.28. The fourth-order valence-electron chi connectivity index (χ4n) is 3.39. The number of hydrogen-bond acceptors (Lipinski definition) is 5. The van der Waals surface area contributed by atoms with Gasteiger partial charge in [-0.25, -0.2) is 4.98 Å². The molecule has 0 saturated carbocycles. The Labute approximate surface area is 144 Å². The van der Waals surface area contributed by atoms with Crippen LogP contribution in [-0.4, -0.2) is 21.3 Å². The van der Waals surface area contributed by atoms with E-state index >= 15 is 0 Å². The van der Waals surface area contributed by atoms with Crippen molar-refractivity contribution in [3.8, 4) is 0 Å². The lowest BCUT2D eigenvalue weighted by molar-refractivity contribution is 0.282. The lowest BCUT2D eigenvalue weighted by Crippen LogP contribution is -2.22. The van der Waals surface area contributed by atoms with Gasteiger partial charge in [0.1, 0.15) is 11.5 Å². The number of aromatic nitrogens is 2. The summed E-state index contributed by atoms with van der Waals surface area (Å²) in [4.78, 5) is 21.6. The SMILES string of the molecule is Cc1ccc(CN(C)Cc2cc(=O)n3c4c(sc3n2)CCCC4)o1. The molecule has 6 heteroatoms. The van der Waals surface area contributed by atoms with Crippen molar-refractivity contribution in [2.75, 3.05) is 7.05 Å². The highest BCUT2D eigenvalue weighted by Gasteiger charge is 2.18. The third-order valence-electron chi connectivity index (χ3n) is 4.47. The van der Waals surface area contributed by atoms with Crippen LogP contribution in [0, 0.1) is 6.92 Å². The van der Waals surface area contributed by atoms with E-state index in [-0.39, 0.29) is 5.56 Å². The van der Waals surface area contributed by atoms with E-state index in [0.29, 0.717) is 13.1 Å². The second-order valence-corrected chi connectivity index (χ2v) is 7.63. The number of nitrogens with zero attached hydrogens (tertiary/aromatic N) is 3. The summed E-state index contributed by atoms with van der Waals surface area (Å²) in [6.45, 7) is 3.28. The van der Waals surface area contributed by atoms with E-state index in [1.165, 1.54) is 23.4 Å². The van der Waals surface area contributed by atoms with E-state index in [1.54, 1.807) is 17.4 Å². The number of thiazole rings is 1. The molecule has 0 N–H and O–H groups in total. The lowest BCUT2D eigenvalue weighted by atomic mass is 10.0. The third-order valence-corrected chi connectivity index (χ3v) is 5.61. The van der Waals surface area contributed by atoms with Crippen molar-refractivity contribution >= 4 is 16.3 Å². The molecule has 0 aliphatic heterocycles. The summed E-state index contributed by atoms with van der Waals surface area (Å²) in [6.07, 6.45) is 4.45. The van der Waals surface area contributed by atoms with Crippen molar-refractivity contribution in [2.24, 2.45) is 0 Å². The van der Waals surface area contributed by atoms with Gasteiger partial charge < -0.3 is 4.42 Å². The first-order valence-corrected chi connectivity index (χ1v) is 9.19. The molecule has 0 bridgehead atoms. The summed E-state index contributed by atoms with van der Waals surface area (Å²) < 4.78 is 7.43. The van der Waals surface area contributed by atoms with Gasteiger partial charge in [0.05, 0.1) is 12.2 Å². The van der Waals surface area contributed by atoms with Crippen LogP contribution in [0.25, 0.3) is 4.96 Å². The Morgan fingerprint density at radius 2 is 2.12 bits per heavy atom. The van der Waals surface area contributed by atoms with Crippen LogP contribution in [-0.2, 0) is 25.9 Å². The second-order valence-electron chi connectivity index (χ2n) is 6.57. The van der Waals surface area contributed by atoms with Gasteiger partial charge in [0.25, 0.3) is 5.56 Å². The van der Waals surface area contributed by atoms with Crippen molar-refractivity contribution in [2.45, 2.75) is 45.7 Å². The first-order valence-electron chi connectivity index (χ1n) is 8.37. The first kappa shape index (κ1) is 15.6. The molecule has 24 heavy (non-hydrogen) atoms. The van der Waals surface area contributed by atoms with Crippen LogP contribution in [0.4, 0.5) is 0 Å². The van der Waals surface area contributed by atoms with Crippen molar-refractivity contribution in [3.05, 3.63) is 56.3 Å². The molecule has 3 aromatic rings. The van der Waals surface area contributed by atoms with Crippen LogP contribution in [0.2, 0.25) is 0 Å². The molecule has 0 amide bonds. The van der Waals surface area contributed by atoms with Gasteiger partial charge in [-0.3, -0.25) is 14.1 Å². The average molecular weight is 343 g/mol. The van der Waals surface area contributed by atoms with E-state index in [1.807, 2.05) is 30.5 Å². The Kier molecular flexibility index (Phi) is 4.02. The van der Waals surface area contributed by atoms with Gasteiger partial charge in [-0.1, -0.05) is 0 Å². The molecule has 0 radical (unpaired) electrons. The molecule has 3 heterocycles. The number of hydrogen-bond donors (Lipinski definition) is 0. The van der Waals surface area contributed by atoms with Gasteiger partial charge in [-0.05, 0) is 51.8 Å². The second kappa shape index (κ2) is 6.18. The third kappa shape index (κ3) is 2.91. The first-order chi connectivity index (χ1) is 11.6. The Hall–Kier alpha value is -1.92. The molecule has 0 aromatic carbocycles. The van der Waals surface area contributed by atoms with Gasteiger partial charge >= 0.3 is 0 Å². The van der Waals surface area contributed by atoms with Gasteiger partial charge in [0, 0.05) is 23.2 Å². The zero-order chi connectivity index (χ0) is 16.7. The largest absolute Gasteiger partial charge is 0.465 e. The summed E-state index contributed by atoms with van der Waals surface area (Å²) in [7, 11) is 2.01. The molecular formula is C18H21N3O2S. The minimum absolute atomic E-state index is 0.0524. The van der Waals surface area contributed by atoms with E-state index in [9.17, 15) is 4.79 Å². The summed E-state index contributed by atoms with van der Waals surface area (Å²) in [6, 6.07) is 5.64. The van der Waals surface area contributed by atoms with Crippen LogP contribution < -0.4 is 5.56 Å². The quantitative estimate of drug-likeness (QED) is 0.730. The number of rotatable bonds is 4. The van der Waals surface area contributed by atoms with Gasteiger partial charge in [-0.2, -0.15) is 0 Å². The summed E-state index contributed by atoms with van der Waals surface area (Å²) in [5.74, 6) is 1.85. The normalized spacial score (nSPS) is 14.5. The van der Waals surface area contributed by atoms with E-state index < -0.39 is 0 Å². The number of furan rings is 1. The molecule has 3 aromatic heterocycles. The monoisotopic (exact) mass is 343 g/mol. The molecule has 1 aliphatic carbocycles. The van der Waals surface area contributed by atoms with Crippen molar-refractivity contribution in [3.63, 3.8) is 0 Å². The number of aryl methyl sites for hydroxylation is 3. The van der Waals surface area contributed by atoms with Gasteiger partial charge in [0.2, 0.25) is 0 Å². The maximum absolute atomic E-state index is 12.6. The standard InChI is InChI=1S/C18H21N3O2S/c1-12-7-8-14(23-12)11-20(2)10-13-9-17(22)21-15-5-3-4-6-16(15)24-18(21)19-13/h7-9H,3-6,10-11H2,1-2H3. The fourth-order valence-corrected chi connectivity index (χ4v) is 4.62. The Morgan fingerprint density at radius 3 is 2.92 bits per heavy atom. The molecule has 4 rings (SSSR count). The lowest BCUT2D eigenvalue weighted by Gasteiger charge is -2.14. The molecular weight excluding hydrogens is 322 g/mol. The molecule has 1 aliphatic rings. The Balaban J connectivity index is 1.59. The van der Waals surface area contributed by atoms with Crippen LogP contribution >= 0.6 is 11.3 Å². The maximum atomic E-state index is 12.6. The highest BCUT2D eigenvalue weighted by molar-refractivity contribution is 7.17. The van der Waals surface area contributed by atoms with Gasteiger partial charge in [-0.15, -0.1) is 11.3 Å². The predicted molar refractivity (Wildman–Crippen MR) is 94.6 cm³/mol. The van der Waals surface area contributed by atoms with Crippen LogP contribution in [0.5, 0.6) is 0 Å². The Bertz CT molecular complexity index is 938.